The van der Waals surface area contributed by atoms with Gasteiger partial charge in [-0.25, -0.2) is 0 Å². The van der Waals surface area contributed by atoms with E-state index in [0.717, 1.165) is 0 Å². The Kier molecular flexibility index (Phi) is 10.7. The molecule has 2 N–H and O–H groups in total. The van der Waals surface area contributed by atoms with E-state index in [4.69, 9.17) is 28.7 Å². The molecule has 2 aliphatic heterocycles. The van der Waals surface area contributed by atoms with Crippen LogP contribution < -0.4 is 5.90 Å². The van der Waals surface area contributed by atoms with Gasteiger partial charge in [-0.2, -0.15) is 10.9 Å². The van der Waals surface area contributed by atoms with E-state index in [0.29, 0.717) is 24.9 Å². The number of rotatable bonds is 9. The topological polar surface area (TPSA) is 87.8 Å². The smallest absolute Gasteiger partial charge is 0.240 e. The summed E-state index contributed by atoms with van der Waals surface area (Å²) in [5, 5.41) is 0.157. The molecule has 232 valence electrons. The van der Waals surface area contributed by atoms with Gasteiger partial charge in [-0.1, -0.05) is 68.9 Å². The Labute approximate surface area is 248 Å². The quantitative estimate of drug-likeness (QED) is 0.218. The predicted octanol–water partition coefficient (Wildman–Crippen LogP) is 7.15. The zero-order chi connectivity index (χ0) is 31.1. The van der Waals surface area contributed by atoms with Gasteiger partial charge in [-0.15, -0.1) is 0 Å². The van der Waals surface area contributed by atoms with Crippen LogP contribution in [0.15, 0.2) is 29.7 Å². The van der Waals surface area contributed by atoms with E-state index < -0.39 is 25.0 Å². The van der Waals surface area contributed by atoms with Crippen LogP contribution in [-0.2, 0) is 22.9 Å². The van der Waals surface area contributed by atoms with Crippen LogP contribution in [0.1, 0.15) is 62.3 Å². The Hall–Kier alpha value is -0.799. The fourth-order valence-corrected chi connectivity index (χ4v) is 7.46. The van der Waals surface area contributed by atoms with Gasteiger partial charge in [0, 0.05) is 12.3 Å². The van der Waals surface area contributed by atoms with Crippen molar-refractivity contribution in [2.75, 3.05) is 13.2 Å². The van der Waals surface area contributed by atoms with E-state index >= 15 is 0 Å². The summed E-state index contributed by atoms with van der Waals surface area (Å²) in [5.74, 6) is 6.19. The molecule has 40 heavy (non-hydrogen) atoms. The fourth-order valence-electron chi connectivity index (χ4n) is 3.80. The molecule has 0 aromatic rings. The van der Waals surface area contributed by atoms with Crippen molar-refractivity contribution < 1.29 is 22.9 Å². The lowest BCUT2D eigenvalue weighted by atomic mass is 10.1. The molecule has 0 radical (unpaired) electrons. The molecular weight excluding hydrogens is 555 g/mol. The lowest BCUT2D eigenvalue weighted by Crippen LogP contribution is -2.55. The molecule has 0 spiro atoms. The molecule has 1 unspecified atom stereocenters. The molecule has 0 amide bonds. The van der Waals surface area contributed by atoms with Gasteiger partial charge in [0.2, 0.25) is 5.90 Å². The van der Waals surface area contributed by atoms with E-state index in [2.05, 4.69) is 113 Å². The van der Waals surface area contributed by atoms with Crippen molar-refractivity contribution in [1.29, 1.82) is 0 Å². The van der Waals surface area contributed by atoms with Crippen molar-refractivity contribution in [3.05, 3.63) is 24.7 Å². The van der Waals surface area contributed by atoms with Gasteiger partial charge in [0.05, 0.1) is 13.2 Å². The summed E-state index contributed by atoms with van der Waals surface area (Å²) in [6.07, 6.45) is 2.58. The Morgan fingerprint density at radius 2 is 1.27 bits per heavy atom. The molecule has 0 saturated carbocycles. The lowest BCUT2D eigenvalue weighted by Gasteiger charge is -2.44. The van der Waals surface area contributed by atoms with Crippen molar-refractivity contribution in [1.82, 2.24) is 4.90 Å². The highest BCUT2D eigenvalue weighted by Gasteiger charge is 2.54. The molecule has 11 heteroatoms. The second-order valence-electron chi connectivity index (χ2n) is 15.9. The molecule has 2 heterocycles. The minimum atomic E-state index is -2.19. The number of hydrogen-bond donors (Lipinski definition) is 1. The summed E-state index contributed by atoms with van der Waals surface area (Å²) in [4.78, 5) is 11.2. The van der Waals surface area contributed by atoms with Gasteiger partial charge in [0.1, 0.15) is 30.2 Å². The average Bonchev–Trinajstić information content (AvgIpc) is 3.06. The molecule has 4 atom stereocenters. The SMILES string of the molecule is C=C1N=C(ON)C=CN1C[C@@H]1O[C@H](CO[Si](C)(C)C(C)(C)C)C(O[Si](C)(C)C(C)(C)C)[C@@H]1O[Si](C)(C)C(C)(C)C. The van der Waals surface area contributed by atoms with E-state index in [1.54, 1.807) is 6.08 Å². The first-order valence-corrected chi connectivity index (χ1v) is 23.3. The monoisotopic (exact) mass is 613 g/mol. The van der Waals surface area contributed by atoms with Crippen molar-refractivity contribution in [2.45, 2.75) is 141 Å². The standard InChI is InChI=1S/C29H59N3O5Si3/c1-21-31-24(35-30)17-18-32(21)19-22-25(36-39(13,14)28(5,6)7)26(37-40(15,16)29(8,9)10)23(34-22)20-33-38(11,12)27(2,3)4/h17-18,22-23,25-26H,1,19-20,30H2,2-16H3/t22-,23+,25+,26?/m0/s1. The molecule has 8 nitrogen and oxygen atoms in total. The summed E-state index contributed by atoms with van der Waals surface area (Å²) in [6, 6.07) is 0. The van der Waals surface area contributed by atoms with Gasteiger partial charge in [0.15, 0.2) is 25.0 Å². The maximum absolute atomic E-state index is 7.20. The van der Waals surface area contributed by atoms with Gasteiger partial charge >= 0.3 is 0 Å². The minimum Gasteiger partial charge on any atom is -0.414 e. The van der Waals surface area contributed by atoms with Gasteiger partial charge in [-0.3, -0.25) is 0 Å². The highest BCUT2D eigenvalue weighted by molar-refractivity contribution is 6.75. The molecule has 1 saturated heterocycles. The molecule has 0 aliphatic carbocycles. The number of hydrogen-bond acceptors (Lipinski definition) is 8. The third kappa shape index (κ3) is 8.18. The van der Waals surface area contributed by atoms with Crippen LogP contribution in [0.25, 0.3) is 0 Å². The Morgan fingerprint density at radius 3 is 1.68 bits per heavy atom. The van der Waals surface area contributed by atoms with Crippen LogP contribution in [-0.4, -0.2) is 73.3 Å². The zero-order valence-corrected chi connectivity index (χ0v) is 31.1. The highest BCUT2D eigenvalue weighted by atomic mass is 28.4. The van der Waals surface area contributed by atoms with Crippen LogP contribution >= 0.6 is 0 Å². The van der Waals surface area contributed by atoms with Crippen LogP contribution in [0.2, 0.25) is 54.4 Å². The number of ether oxygens (including phenoxy) is 1. The summed E-state index contributed by atoms with van der Waals surface area (Å²) < 4.78 is 28.0. The van der Waals surface area contributed by atoms with Crippen LogP contribution in [0.5, 0.6) is 0 Å². The van der Waals surface area contributed by atoms with Crippen molar-refractivity contribution in [3.63, 3.8) is 0 Å². The number of nitrogens with two attached hydrogens (primary N) is 1. The van der Waals surface area contributed by atoms with E-state index in [-0.39, 0.29) is 39.5 Å². The molecule has 1 fully saturated rings. The largest absolute Gasteiger partial charge is 0.414 e. The Balaban J connectivity index is 2.52. The Bertz CT molecular complexity index is 961. The minimum absolute atomic E-state index is 0.0289. The van der Waals surface area contributed by atoms with Crippen LogP contribution in [0.4, 0.5) is 0 Å². The third-order valence-electron chi connectivity index (χ3n) is 9.76. The number of aliphatic imine (C=N–C) groups is 1. The third-order valence-corrected chi connectivity index (χ3v) is 23.2. The van der Waals surface area contributed by atoms with E-state index in [1.165, 1.54) is 0 Å². The molecule has 0 aromatic carbocycles. The number of nitrogens with zero attached hydrogens (tertiary/aromatic N) is 2. The second-order valence-corrected chi connectivity index (χ2v) is 30.2. The van der Waals surface area contributed by atoms with Crippen molar-refractivity contribution in [2.24, 2.45) is 10.9 Å². The highest BCUT2D eigenvalue weighted by Crippen LogP contribution is 2.44. The molecular formula is C29H59N3O5Si3. The summed E-state index contributed by atoms with van der Waals surface area (Å²) >= 11 is 0. The van der Waals surface area contributed by atoms with E-state index in [9.17, 15) is 0 Å². The summed E-state index contributed by atoms with van der Waals surface area (Å²) in [5.41, 5.74) is 0. The van der Waals surface area contributed by atoms with Crippen LogP contribution in [0, 0.1) is 0 Å². The van der Waals surface area contributed by atoms with Crippen molar-refractivity contribution in [3.8, 4) is 0 Å². The van der Waals surface area contributed by atoms with Crippen molar-refractivity contribution >= 4 is 30.8 Å². The summed E-state index contributed by atoms with van der Waals surface area (Å²) in [7, 11) is -6.39. The molecule has 0 bridgehead atoms. The normalized spacial score (nSPS) is 25.4. The first-order valence-electron chi connectivity index (χ1n) is 14.6. The zero-order valence-electron chi connectivity index (χ0n) is 28.1. The van der Waals surface area contributed by atoms with Gasteiger partial charge in [0.25, 0.3) is 0 Å². The average molecular weight is 614 g/mol. The molecule has 2 rings (SSSR count). The fraction of sp³-hybridized carbons (Fsp3) is 0.828. The lowest BCUT2D eigenvalue weighted by molar-refractivity contribution is -0.0215. The molecule has 2 aliphatic rings. The second kappa shape index (κ2) is 12.1. The maximum Gasteiger partial charge on any atom is 0.240 e. The van der Waals surface area contributed by atoms with Crippen LogP contribution in [0.3, 0.4) is 0 Å². The van der Waals surface area contributed by atoms with Gasteiger partial charge < -0.3 is 27.8 Å². The molecule has 0 aromatic heterocycles. The predicted molar refractivity (Wildman–Crippen MR) is 174 cm³/mol. The first kappa shape index (κ1) is 35.4. The Morgan fingerprint density at radius 1 is 0.825 bits per heavy atom. The van der Waals surface area contributed by atoms with Gasteiger partial charge in [-0.05, 0) is 54.4 Å². The maximum atomic E-state index is 7.20. The summed E-state index contributed by atoms with van der Waals surface area (Å²) in [6.45, 7) is 39.3. The first-order chi connectivity index (χ1) is 17.8. The van der Waals surface area contributed by atoms with E-state index in [1.807, 2.05) is 11.1 Å².